The largest absolute Gasteiger partial charge is 0.295 e. The number of hydrogen-bond donors (Lipinski definition) is 0. The number of hydrogen-bond acceptors (Lipinski definition) is 3. The van der Waals surface area contributed by atoms with E-state index >= 15 is 0 Å². The SMILES string of the molecule is CC/C(C)=C(\C=NC)S(C)(=O)=O. The molecule has 70 valence electrons. The van der Waals surface area contributed by atoms with Crippen molar-refractivity contribution in [1.29, 1.82) is 0 Å². The Morgan fingerprint density at radius 2 is 2.00 bits per heavy atom. The molecule has 0 atom stereocenters. The van der Waals surface area contributed by atoms with E-state index in [0.29, 0.717) is 4.91 Å². The summed E-state index contributed by atoms with van der Waals surface area (Å²) in [6.45, 7) is 3.72. The van der Waals surface area contributed by atoms with Crippen LogP contribution in [0.3, 0.4) is 0 Å². The van der Waals surface area contributed by atoms with Gasteiger partial charge in [-0.3, -0.25) is 4.99 Å². The van der Waals surface area contributed by atoms with Gasteiger partial charge in [0.05, 0.1) is 4.91 Å². The highest BCUT2D eigenvalue weighted by molar-refractivity contribution is 7.95. The zero-order valence-corrected chi connectivity index (χ0v) is 8.77. The van der Waals surface area contributed by atoms with Crippen molar-refractivity contribution in [2.45, 2.75) is 20.3 Å². The highest BCUT2D eigenvalue weighted by atomic mass is 32.2. The lowest BCUT2D eigenvalue weighted by Crippen LogP contribution is -2.04. The highest BCUT2D eigenvalue weighted by Crippen LogP contribution is 2.11. The third kappa shape index (κ3) is 3.17. The number of sulfone groups is 1. The lowest BCUT2D eigenvalue weighted by Gasteiger charge is -2.02. The van der Waals surface area contributed by atoms with Crippen molar-refractivity contribution in [2.75, 3.05) is 13.3 Å². The van der Waals surface area contributed by atoms with Crippen molar-refractivity contribution < 1.29 is 8.42 Å². The van der Waals surface area contributed by atoms with E-state index in [1.165, 1.54) is 12.5 Å². The summed E-state index contributed by atoms with van der Waals surface area (Å²) < 4.78 is 22.3. The van der Waals surface area contributed by atoms with E-state index in [9.17, 15) is 8.42 Å². The maximum Gasteiger partial charge on any atom is 0.176 e. The van der Waals surface area contributed by atoms with Gasteiger partial charge in [-0.15, -0.1) is 0 Å². The summed E-state index contributed by atoms with van der Waals surface area (Å²) in [6.07, 6.45) is 3.33. The average molecular weight is 189 g/mol. The molecule has 0 saturated carbocycles. The van der Waals surface area contributed by atoms with Crippen LogP contribution in [0, 0.1) is 0 Å². The molecule has 0 heterocycles. The highest BCUT2D eigenvalue weighted by Gasteiger charge is 2.10. The summed E-state index contributed by atoms with van der Waals surface area (Å²) >= 11 is 0. The maximum absolute atomic E-state index is 11.2. The molecule has 0 amide bonds. The van der Waals surface area contributed by atoms with Crippen LogP contribution in [0.1, 0.15) is 20.3 Å². The molecule has 0 fully saturated rings. The minimum absolute atomic E-state index is 0.340. The summed E-state index contributed by atoms with van der Waals surface area (Å²) in [6, 6.07) is 0. The van der Waals surface area contributed by atoms with Gasteiger partial charge >= 0.3 is 0 Å². The predicted molar refractivity (Wildman–Crippen MR) is 52.3 cm³/mol. The van der Waals surface area contributed by atoms with Crippen LogP contribution in [0.25, 0.3) is 0 Å². The maximum atomic E-state index is 11.2. The van der Waals surface area contributed by atoms with Crippen LogP contribution >= 0.6 is 0 Å². The van der Waals surface area contributed by atoms with E-state index in [1.54, 1.807) is 14.0 Å². The molecule has 12 heavy (non-hydrogen) atoms. The van der Waals surface area contributed by atoms with Crippen molar-refractivity contribution in [1.82, 2.24) is 0 Å². The molecule has 0 aliphatic rings. The van der Waals surface area contributed by atoms with Crippen LogP contribution in [0.15, 0.2) is 15.5 Å². The monoisotopic (exact) mass is 189 g/mol. The van der Waals surface area contributed by atoms with Crippen LogP contribution in [0.4, 0.5) is 0 Å². The smallest absolute Gasteiger partial charge is 0.176 e. The van der Waals surface area contributed by atoms with Gasteiger partial charge in [0.15, 0.2) is 9.84 Å². The Hall–Kier alpha value is -0.640. The van der Waals surface area contributed by atoms with Gasteiger partial charge < -0.3 is 0 Å². The van der Waals surface area contributed by atoms with Crippen molar-refractivity contribution in [3.8, 4) is 0 Å². The molecule has 0 spiro atoms. The van der Waals surface area contributed by atoms with Crippen LogP contribution in [0.5, 0.6) is 0 Å². The Kier molecular flexibility index (Phi) is 4.17. The standard InChI is InChI=1S/C8H15NO2S/c1-5-7(2)8(6-9-3)12(4,10)11/h6H,5H2,1-4H3/b8-7+,9-6?. The molecule has 0 aromatic carbocycles. The van der Waals surface area contributed by atoms with Gasteiger partial charge in [0.1, 0.15) is 0 Å². The first-order chi connectivity index (χ1) is 5.43. The van der Waals surface area contributed by atoms with Gasteiger partial charge in [-0.1, -0.05) is 12.5 Å². The average Bonchev–Trinajstić information content (AvgIpc) is 1.96. The number of nitrogens with zero attached hydrogens (tertiary/aromatic N) is 1. The lowest BCUT2D eigenvalue weighted by atomic mass is 10.2. The third-order valence-corrected chi connectivity index (χ3v) is 2.85. The van der Waals surface area contributed by atoms with Crippen LogP contribution in [-0.4, -0.2) is 27.9 Å². The second kappa shape index (κ2) is 4.40. The molecule has 0 unspecified atom stereocenters. The molecule has 3 nitrogen and oxygen atoms in total. The molecule has 0 aliphatic heterocycles. The fourth-order valence-electron chi connectivity index (χ4n) is 0.814. The molecular formula is C8H15NO2S. The summed E-state index contributed by atoms with van der Waals surface area (Å²) in [5, 5.41) is 0. The van der Waals surface area contributed by atoms with Gasteiger partial charge in [-0.05, 0) is 13.3 Å². The molecule has 0 bridgehead atoms. The first-order valence-electron chi connectivity index (χ1n) is 3.75. The lowest BCUT2D eigenvalue weighted by molar-refractivity contribution is 0.608. The Morgan fingerprint density at radius 1 is 1.50 bits per heavy atom. The zero-order valence-electron chi connectivity index (χ0n) is 7.96. The van der Waals surface area contributed by atoms with E-state index in [-0.39, 0.29) is 0 Å². The van der Waals surface area contributed by atoms with Crippen molar-refractivity contribution in [3.05, 3.63) is 10.5 Å². The minimum atomic E-state index is -3.11. The van der Waals surface area contributed by atoms with E-state index in [0.717, 1.165) is 12.0 Å². The van der Waals surface area contributed by atoms with Crippen molar-refractivity contribution in [3.63, 3.8) is 0 Å². The fraction of sp³-hybridized carbons (Fsp3) is 0.625. The molecule has 0 aliphatic carbocycles. The summed E-state index contributed by atoms with van der Waals surface area (Å²) in [4.78, 5) is 4.05. The molecule has 0 aromatic rings. The molecule has 0 rings (SSSR count). The van der Waals surface area contributed by atoms with Gasteiger partial charge in [0.25, 0.3) is 0 Å². The normalized spacial score (nSPS) is 15.0. The van der Waals surface area contributed by atoms with Crippen molar-refractivity contribution in [2.24, 2.45) is 4.99 Å². The summed E-state index contributed by atoms with van der Waals surface area (Å²) in [5.74, 6) is 0. The van der Waals surface area contributed by atoms with Gasteiger partial charge in [-0.25, -0.2) is 8.42 Å². The quantitative estimate of drug-likeness (QED) is 0.630. The van der Waals surface area contributed by atoms with Crippen LogP contribution in [0.2, 0.25) is 0 Å². The molecule has 0 N–H and O–H groups in total. The number of rotatable bonds is 3. The predicted octanol–water partition coefficient (Wildman–Crippen LogP) is 1.42. The van der Waals surface area contributed by atoms with Gasteiger partial charge in [0, 0.05) is 19.5 Å². The second-order valence-corrected chi connectivity index (χ2v) is 4.64. The fourth-order valence-corrected chi connectivity index (χ4v) is 1.89. The number of allylic oxidation sites excluding steroid dienone is 2. The summed E-state index contributed by atoms with van der Waals surface area (Å²) in [5.41, 5.74) is 0.850. The van der Waals surface area contributed by atoms with Gasteiger partial charge in [-0.2, -0.15) is 0 Å². The van der Waals surface area contributed by atoms with E-state index in [1.807, 2.05) is 6.92 Å². The Balaban J connectivity index is 5.21. The molecule has 0 aromatic heterocycles. The third-order valence-electron chi connectivity index (χ3n) is 1.60. The molecule has 0 radical (unpaired) electrons. The van der Waals surface area contributed by atoms with Crippen molar-refractivity contribution >= 4 is 16.1 Å². The molecule has 0 saturated heterocycles. The van der Waals surface area contributed by atoms with Crippen LogP contribution < -0.4 is 0 Å². The van der Waals surface area contributed by atoms with Crippen LogP contribution in [-0.2, 0) is 9.84 Å². The Labute approximate surface area is 74.1 Å². The van der Waals surface area contributed by atoms with Gasteiger partial charge in [0.2, 0.25) is 0 Å². The molecule has 4 heteroatoms. The second-order valence-electron chi connectivity index (χ2n) is 2.66. The number of aliphatic imine (C=N–C) groups is 1. The summed E-state index contributed by atoms with van der Waals surface area (Å²) in [7, 11) is -1.54. The van der Waals surface area contributed by atoms with E-state index in [4.69, 9.17) is 0 Å². The first-order valence-corrected chi connectivity index (χ1v) is 5.64. The minimum Gasteiger partial charge on any atom is -0.295 e. The topological polar surface area (TPSA) is 46.5 Å². The first kappa shape index (κ1) is 11.4. The van der Waals surface area contributed by atoms with E-state index < -0.39 is 9.84 Å². The molecular weight excluding hydrogens is 174 g/mol. The zero-order chi connectivity index (χ0) is 9.78. The van der Waals surface area contributed by atoms with E-state index in [2.05, 4.69) is 4.99 Å². The Morgan fingerprint density at radius 3 is 2.25 bits per heavy atom. The Bertz CT molecular complexity index is 299.